The molecule has 0 amide bonds. The van der Waals surface area contributed by atoms with Crippen LogP contribution >= 0.6 is 7.23 Å². The van der Waals surface area contributed by atoms with Gasteiger partial charge >= 0.3 is 12.9 Å². The molecule has 0 bridgehead atoms. The molecule has 0 aromatic carbocycles. The van der Waals surface area contributed by atoms with Crippen molar-refractivity contribution in [3.63, 3.8) is 0 Å². The van der Waals surface area contributed by atoms with E-state index >= 15 is 0 Å². The number of nitrogen functional groups attached to an aromatic ring is 1. The number of rotatable bonds is 10. The maximum Gasteiger partial charge on any atom is 0.372 e. The number of nitrogens with one attached hydrogen (secondary N) is 1. The highest BCUT2D eigenvalue weighted by molar-refractivity contribution is 8.25. The van der Waals surface area contributed by atoms with Crippen LogP contribution in [0.3, 0.4) is 0 Å². The van der Waals surface area contributed by atoms with Crippen LogP contribution in [0, 0.1) is 5.92 Å². The third-order valence-corrected chi connectivity index (χ3v) is 7.96. The van der Waals surface area contributed by atoms with Crippen LogP contribution in [0.15, 0.2) is 34.5 Å². The number of ether oxygens (including phenoxy) is 4. The first-order valence-electron chi connectivity index (χ1n) is 12.3. The molecule has 5 heterocycles. The molecule has 4 N–H and O–H groups in total. The number of aromatic amines is 1. The monoisotopic (exact) mass is 597 g/mol. The molecule has 2 aliphatic heterocycles. The highest BCUT2D eigenvalue weighted by Gasteiger charge is 2.51. The van der Waals surface area contributed by atoms with E-state index in [0.29, 0.717) is 24.0 Å². The van der Waals surface area contributed by atoms with Crippen molar-refractivity contribution in [3.8, 4) is 0 Å². The molecule has 2 aliphatic rings. The van der Waals surface area contributed by atoms with Crippen LogP contribution in [0.4, 0.5) is 5.82 Å². The van der Waals surface area contributed by atoms with E-state index in [0.717, 1.165) is 0 Å². The Labute approximate surface area is 232 Å². The van der Waals surface area contributed by atoms with E-state index in [1.165, 1.54) is 43.7 Å². The molecule has 3 aromatic rings. The lowest BCUT2D eigenvalue weighted by Crippen LogP contribution is -2.39. The number of methoxy groups -OCH3 is 2. The van der Waals surface area contributed by atoms with Crippen molar-refractivity contribution in [2.75, 3.05) is 26.6 Å². The van der Waals surface area contributed by atoms with Crippen LogP contribution in [0.1, 0.15) is 25.3 Å². The molecule has 2 fully saturated rings. The number of hydrogen-bond acceptors (Lipinski definition) is 14. The van der Waals surface area contributed by atoms with E-state index in [-0.39, 0.29) is 18.3 Å². The zero-order chi connectivity index (χ0) is 28.6. The molecule has 5 rings (SSSR count). The normalized spacial score (nSPS) is 30.8. The Morgan fingerprint density at radius 2 is 1.80 bits per heavy atom. The van der Waals surface area contributed by atoms with Crippen molar-refractivity contribution in [2.24, 2.45) is 5.92 Å². The fourth-order valence-electron chi connectivity index (χ4n) is 5.51. The molecule has 18 heteroatoms. The van der Waals surface area contributed by atoms with E-state index in [1.54, 1.807) is 4.57 Å². The van der Waals surface area contributed by atoms with E-state index in [9.17, 15) is 19.3 Å². The number of H-pyrrole nitrogens is 1. The molecule has 216 valence electrons. The lowest BCUT2D eigenvalue weighted by Gasteiger charge is -2.25. The number of anilines is 1. The van der Waals surface area contributed by atoms with E-state index in [4.69, 9.17) is 41.5 Å². The summed E-state index contributed by atoms with van der Waals surface area (Å²) in [5.74, 6) is -0.103. The van der Waals surface area contributed by atoms with Gasteiger partial charge in [-0.3, -0.25) is 18.9 Å². The molecule has 0 saturated carbocycles. The second-order valence-electron chi connectivity index (χ2n) is 9.35. The summed E-state index contributed by atoms with van der Waals surface area (Å²) in [7, 11) is 0.475. The summed E-state index contributed by atoms with van der Waals surface area (Å²) in [6.45, 7) is -0.287. The molecular formula is C22H28N7O9PS. The van der Waals surface area contributed by atoms with Gasteiger partial charge in [0.1, 0.15) is 24.1 Å². The first-order chi connectivity index (χ1) is 19.3. The predicted octanol–water partition coefficient (Wildman–Crippen LogP) is -0.238. The second kappa shape index (κ2) is 12.0. The molecule has 0 radical (unpaired) electrons. The number of nitrogens with two attached hydrogens (primary N) is 1. The molecule has 40 heavy (non-hydrogen) atoms. The highest BCUT2D eigenvalue weighted by atomic mass is 32.7. The predicted molar refractivity (Wildman–Crippen MR) is 140 cm³/mol. The van der Waals surface area contributed by atoms with Gasteiger partial charge in [0.05, 0.1) is 25.1 Å². The summed E-state index contributed by atoms with van der Waals surface area (Å²) in [4.78, 5) is 38.8. The van der Waals surface area contributed by atoms with Crippen LogP contribution < -0.4 is 17.0 Å². The summed E-state index contributed by atoms with van der Waals surface area (Å²) in [5.41, 5.74) is 5.53. The Bertz CT molecular complexity index is 1480. The number of hydrogen-bond donors (Lipinski definition) is 3. The van der Waals surface area contributed by atoms with Crippen LogP contribution in [0.25, 0.3) is 11.2 Å². The molecule has 0 aliphatic carbocycles. The van der Waals surface area contributed by atoms with Gasteiger partial charge < -0.3 is 42.0 Å². The second-order valence-corrected chi connectivity index (χ2v) is 10.9. The van der Waals surface area contributed by atoms with Crippen molar-refractivity contribution in [2.45, 2.75) is 55.8 Å². The molecule has 3 aromatic heterocycles. The van der Waals surface area contributed by atoms with Gasteiger partial charge in [-0.25, -0.2) is 19.7 Å². The van der Waals surface area contributed by atoms with Gasteiger partial charge in [-0.1, -0.05) is 4.57 Å². The molecule has 9 unspecified atom stereocenters. The highest BCUT2D eigenvalue weighted by Crippen LogP contribution is 2.43. The number of aromatic nitrogens is 6. The molecule has 16 nitrogen and oxygen atoms in total. The van der Waals surface area contributed by atoms with Gasteiger partial charge in [0, 0.05) is 32.4 Å². The van der Waals surface area contributed by atoms with E-state index in [1.807, 2.05) is 0 Å². The van der Waals surface area contributed by atoms with Crippen LogP contribution in [-0.4, -0.2) is 85.5 Å². The van der Waals surface area contributed by atoms with Crippen molar-refractivity contribution in [1.82, 2.24) is 29.1 Å². The Morgan fingerprint density at radius 1 is 1.07 bits per heavy atom. The van der Waals surface area contributed by atoms with Gasteiger partial charge in [0.25, 0.3) is 5.56 Å². The standard InChI is InChI=1S/C22H28N7O9PS/c1-34-15-10(12(7-30)37-20(15)29-9-26-14-18(23)24-8-25-19(14)29)3-4-11-16(38-39(33)40)17(35-2)21(36-11)28-6-5-13(31)27-22(28)32/h5-6,8-12,15-17,20-21,30H,3-4,7H2,1-2H3,(H2,23,24,25)(H,27,31,32). The van der Waals surface area contributed by atoms with Crippen LogP contribution in [-0.2, 0) is 40.3 Å². The Balaban J connectivity index is 1.39. The molecular weight excluding hydrogens is 569 g/mol. The Hall–Kier alpha value is -2.76. The van der Waals surface area contributed by atoms with Crippen LogP contribution in [0.5, 0.6) is 0 Å². The van der Waals surface area contributed by atoms with E-state index in [2.05, 4.69) is 19.9 Å². The fraction of sp³-hybridized carbons (Fsp3) is 0.591. The maximum atomic E-state index is 12.5. The smallest absolute Gasteiger partial charge is 0.372 e. The molecule has 0 spiro atoms. The van der Waals surface area contributed by atoms with Gasteiger partial charge in [-0.2, -0.15) is 4.52 Å². The Kier molecular flexibility index (Phi) is 8.63. The summed E-state index contributed by atoms with van der Waals surface area (Å²) in [5, 5.41) is 10.2. The summed E-state index contributed by atoms with van der Waals surface area (Å²) >= 11 is 4.80. The van der Waals surface area contributed by atoms with Crippen molar-refractivity contribution in [3.05, 3.63) is 45.8 Å². The summed E-state index contributed by atoms with van der Waals surface area (Å²) < 4.78 is 44.1. The summed E-state index contributed by atoms with van der Waals surface area (Å²) in [6, 6.07) is 1.18. The average Bonchev–Trinajstić information content (AvgIpc) is 3.60. The van der Waals surface area contributed by atoms with Crippen molar-refractivity contribution >= 4 is 36.5 Å². The quantitative estimate of drug-likeness (QED) is 0.204. The average molecular weight is 598 g/mol. The number of aliphatic hydroxyl groups excluding tert-OH is 1. The number of aliphatic hydroxyl groups is 1. The topological polar surface area (TPSA) is 208 Å². The van der Waals surface area contributed by atoms with Crippen molar-refractivity contribution in [1.29, 1.82) is 0 Å². The van der Waals surface area contributed by atoms with Gasteiger partial charge in [-0.05, 0) is 12.8 Å². The largest absolute Gasteiger partial charge is 0.408 e. The first-order valence-corrected chi connectivity index (χ1v) is 14.5. The zero-order valence-corrected chi connectivity index (χ0v) is 23.1. The van der Waals surface area contributed by atoms with Gasteiger partial charge in [0.2, 0.25) is 0 Å². The number of nitrogens with zero attached hydrogens (tertiary/aromatic N) is 5. The SMILES string of the molecule is COC1C(O[P+](=O)[S-])C(CCC2C(CO)OC(n3cnc4c(N)ncnc43)C2OC)OC1n1ccc(=O)[nH]c1=O. The number of imidazole rings is 1. The Morgan fingerprint density at radius 3 is 2.48 bits per heavy atom. The minimum atomic E-state index is -2.46. The summed E-state index contributed by atoms with van der Waals surface area (Å²) in [6.07, 6.45) is -0.411. The van der Waals surface area contributed by atoms with E-state index < -0.39 is 61.5 Å². The van der Waals surface area contributed by atoms with Gasteiger partial charge in [0.15, 0.2) is 30.0 Å². The number of fused-ring (bicyclic) bond motifs is 1. The maximum absolute atomic E-state index is 12.5. The first kappa shape index (κ1) is 28.8. The lowest BCUT2D eigenvalue weighted by molar-refractivity contribution is -0.0583. The van der Waals surface area contributed by atoms with Crippen molar-refractivity contribution < 1.29 is 33.1 Å². The third-order valence-electron chi connectivity index (χ3n) is 7.28. The minimum Gasteiger partial charge on any atom is -0.408 e. The van der Waals surface area contributed by atoms with Gasteiger partial charge in [-0.15, -0.1) is 0 Å². The minimum absolute atomic E-state index is 0.222. The lowest BCUT2D eigenvalue weighted by atomic mass is 9.90. The molecule has 2 saturated heterocycles. The molecule has 9 atom stereocenters. The third kappa shape index (κ3) is 5.31. The zero-order valence-electron chi connectivity index (χ0n) is 21.4. The fourth-order valence-corrected chi connectivity index (χ4v) is 6.26. The van der Waals surface area contributed by atoms with Crippen LogP contribution in [0.2, 0.25) is 0 Å².